The van der Waals surface area contributed by atoms with Crippen molar-refractivity contribution in [1.82, 2.24) is 9.21 Å². The molecule has 1 aliphatic heterocycles. The SMILES string of the molecule is COc1ccc(S(=O)(=O)N2CCN(C)C(CCO)C2)cc1Cl. The minimum absolute atomic E-state index is 0.0160. The molecule has 0 spiro atoms. The summed E-state index contributed by atoms with van der Waals surface area (Å²) >= 11 is 6.03. The molecule has 0 aromatic heterocycles. The van der Waals surface area contributed by atoms with Gasteiger partial charge >= 0.3 is 0 Å². The maximum atomic E-state index is 12.7. The van der Waals surface area contributed by atoms with Gasteiger partial charge in [0.1, 0.15) is 5.75 Å². The number of sulfonamides is 1. The monoisotopic (exact) mass is 348 g/mol. The van der Waals surface area contributed by atoms with E-state index in [1.165, 1.54) is 23.5 Å². The van der Waals surface area contributed by atoms with Crippen LogP contribution < -0.4 is 4.74 Å². The Hall–Kier alpha value is -0.860. The van der Waals surface area contributed by atoms with E-state index in [-0.39, 0.29) is 22.6 Å². The van der Waals surface area contributed by atoms with Crippen molar-refractivity contribution in [3.8, 4) is 5.75 Å². The molecule has 8 heteroatoms. The molecule has 1 saturated heterocycles. The van der Waals surface area contributed by atoms with E-state index in [9.17, 15) is 8.42 Å². The summed E-state index contributed by atoms with van der Waals surface area (Å²) in [4.78, 5) is 2.23. The Labute approximate surface area is 136 Å². The van der Waals surface area contributed by atoms with Crippen molar-refractivity contribution in [1.29, 1.82) is 0 Å². The van der Waals surface area contributed by atoms with Crippen molar-refractivity contribution in [2.45, 2.75) is 17.4 Å². The Morgan fingerprint density at radius 3 is 2.73 bits per heavy atom. The van der Waals surface area contributed by atoms with E-state index in [4.69, 9.17) is 21.4 Å². The molecule has 0 radical (unpaired) electrons. The molecule has 1 fully saturated rings. The fraction of sp³-hybridized carbons (Fsp3) is 0.571. The topological polar surface area (TPSA) is 70.1 Å². The molecule has 0 amide bonds. The van der Waals surface area contributed by atoms with Crippen LogP contribution in [0.3, 0.4) is 0 Å². The third kappa shape index (κ3) is 3.55. The molecule has 22 heavy (non-hydrogen) atoms. The molecule has 1 atom stereocenters. The molecular weight excluding hydrogens is 328 g/mol. The Bertz CT molecular complexity index is 623. The number of methoxy groups -OCH3 is 1. The minimum Gasteiger partial charge on any atom is -0.495 e. The molecule has 1 aromatic rings. The predicted molar refractivity (Wildman–Crippen MR) is 84.9 cm³/mol. The van der Waals surface area contributed by atoms with Gasteiger partial charge in [-0.25, -0.2) is 8.42 Å². The second-order valence-electron chi connectivity index (χ2n) is 5.31. The van der Waals surface area contributed by atoms with Crippen molar-refractivity contribution in [2.75, 3.05) is 40.4 Å². The maximum absolute atomic E-state index is 12.7. The van der Waals surface area contributed by atoms with Crippen molar-refractivity contribution >= 4 is 21.6 Å². The van der Waals surface area contributed by atoms with Gasteiger partial charge in [0.05, 0.1) is 17.0 Å². The predicted octanol–water partition coefficient (Wildman–Crippen LogP) is 1.04. The zero-order chi connectivity index (χ0) is 16.3. The molecule has 1 unspecified atom stereocenters. The lowest BCUT2D eigenvalue weighted by molar-refractivity contribution is 0.120. The van der Waals surface area contributed by atoms with Crippen molar-refractivity contribution in [3.05, 3.63) is 23.2 Å². The van der Waals surface area contributed by atoms with E-state index >= 15 is 0 Å². The molecule has 1 heterocycles. The number of rotatable bonds is 5. The normalized spacial score (nSPS) is 21.0. The summed E-state index contributed by atoms with van der Waals surface area (Å²) in [6.45, 7) is 1.46. The average Bonchev–Trinajstić information content (AvgIpc) is 2.49. The summed E-state index contributed by atoms with van der Waals surface area (Å²) in [7, 11) is -0.179. The van der Waals surface area contributed by atoms with Crippen LogP contribution in [0.25, 0.3) is 0 Å². The number of hydrogen-bond acceptors (Lipinski definition) is 5. The Morgan fingerprint density at radius 1 is 1.41 bits per heavy atom. The van der Waals surface area contributed by atoms with Crippen LogP contribution in [0.15, 0.2) is 23.1 Å². The van der Waals surface area contributed by atoms with Crippen LogP contribution in [0, 0.1) is 0 Å². The van der Waals surface area contributed by atoms with Gasteiger partial charge in [-0.3, -0.25) is 0 Å². The van der Waals surface area contributed by atoms with Gasteiger partial charge in [-0.2, -0.15) is 4.31 Å². The third-order valence-electron chi connectivity index (χ3n) is 3.96. The van der Waals surface area contributed by atoms with E-state index < -0.39 is 10.0 Å². The Balaban J connectivity index is 2.24. The van der Waals surface area contributed by atoms with Crippen molar-refractivity contribution in [3.63, 3.8) is 0 Å². The van der Waals surface area contributed by atoms with Gasteiger partial charge in [-0.15, -0.1) is 0 Å². The first kappa shape index (κ1) is 17.5. The molecule has 0 bridgehead atoms. The van der Waals surface area contributed by atoms with E-state index in [1.807, 2.05) is 7.05 Å². The zero-order valence-corrected chi connectivity index (χ0v) is 14.3. The van der Waals surface area contributed by atoms with Crippen LogP contribution >= 0.6 is 11.6 Å². The molecule has 1 aliphatic rings. The second kappa shape index (κ2) is 7.14. The lowest BCUT2D eigenvalue weighted by atomic mass is 10.1. The summed E-state index contributed by atoms with van der Waals surface area (Å²) in [5.74, 6) is 0.442. The van der Waals surface area contributed by atoms with Gasteiger partial charge in [0.15, 0.2) is 0 Å². The largest absolute Gasteiger partial charge is 0.495 e. The standard InChI is InChI=1S/C14H21ClN2O4S/c1-16-6-7-17(10-11(16)5-8-18)22(19,20)12-3-4-14(21-2)13(15)9-12/h3-4,9,11,18H,5-8,10H2,1-2H3. The zero-order valence-electron chi connectivity index (χ0n) is 12.7. The van der Waals surface area contributed by atoms with Gasteiger partial charge < -0.3 is 14.7 Å². The highest BCUT2D eigenvalue weighted by Gasteiger charge is 2.32. The van der Waals surface area contributed by atoms with E-state index in [1.54, 1.807) is 6.07 Å². The van der Waals surface area contributed by atoms with Crippen LogP contribution in [0.4, 0.5) is 0 Å². The van der Waals surface area contributed by atoms with E-state index in [2.05, 4.69) is 4.90 Å². The molecule has 1 N–H and O–H groups in total. The van der Waals surface area contributed by atoms with Gasteiger partial charge in [0, 0.05) is 32.3 Å². The van der Waals surface area contributed by atoms with Gasteiger partial charge in [-0.1, -0.05) is 11.6 Å². The number of ether oxygens (including phenoxy) is 1. The summed E-state index contributed by atoms with van der Waals surface area (Å²) in [5.41, 5.74) is 0. The summed E-state index contributed by atoms with van der Waals surface area (Å²) in [5, 5.41) is 9.38. The van der Waals surface area contributed by atoms with Crippen LogP contribution in [0.1, 0.15) is 6.42 Å². The number of halogens is 1. The van der Waals surface area contributed by atoms with Gasteiger partial charge in [0.25, 0.3) is 0 Å². The molecule has 6 nitrogen and oxygen atoms in total. The van der Waals surface area contributed by atoms with Crippen LogP contribution in [-0.2, 0) is 10.0 Å². The molecule has 0 saturated carbocycles. The summed E-state index contributed by atoms with van der Waals surface area (Å²) < 4.78 is 32.0. The number of aliphatic hydroxyl groups excluding tert-OH is 1. The average molecular weight is 349 g/mol. The highest BCUT2D eigenvalue weighted by atomic mass is 35.5. The smallest absolute Gasteiger partial charge is 0.243 e. The molecule has 0 aliphatic carbocycles. The number of nitrogens with zero attached hydrogens (tertiary/aromatic N) is 2. The number of hydrogen-bond donors (Lipinski definition) is 1. The molecule has 2 rings (SSSR count). The Morgan fingerprint density at radius 2 is 2.14 bits per heavy atom. The highest BCUT2D eigenvalue weighted by Crippen LogP contribution is 2.29. The minimum atomic E-state index is -3.60. The molecule has 1 aromatic carbocycles. The van der Waals surface area contributed by atoms with E-state index in [0.717, 1.165) is 0 Å². The number of benzene rings is 1. The first-order valence-corrected chi connectivity index (χ1v) is 8.86. The van der Waals surface area contributed by atoms with Gasteiger partial charge in [0.2, 0.25) is 10.0 Å². The van der Waals surface area contributed by atoms with Crippen LogP contribution in [-0.4, -0.2) is 69.2 Å². The maximum Gasteiger partial charge on any atom is 0.243 e. The summed E-state index contributed by atoms with van der Waals surface area (Å²) in [6.07, 6.45) is 0.548. The first-order valence-electron chi connectivity index (χ1n) is 7.05. The van der Waals surface area contributed by atoms with Crippen molar-refractivity contribution in [2.24, 2.45) is 0 Å². The van der Waals surface area contributed by atoms with Crippen LogP contribution in [0.2, 0.25) is 5.02 Å². The molecular formula is C14H21ClN2O4S. The quantitative estimate of drug-likeness (QED) is 0.860. The Kier molecular flexibility index (Phi) is 5.68. The second-order valence-corrected chi connectivity index (χ2v) is 7.65. The first-order chi connectivity index (χ1) is 10.4. The van der Waals surface area contributed by atoms with Crippen molar-refractivity contribution < 1.29 is 18.3 Å². The highest BCUT2D eigenvalue weighted by molar-refractivity contribution is 7.89. The number of aliphatic hydroxyl groups is 1. The van der Waals surface area contributed by atoms with Crippen LogP contribution in [0.5, 0.6) is 5.75 Å². The fourth-order valence-electron chi connectivity index (χ4n) is 2.55. The lowest BCUT2D eigenvalue weighted by Crippen LogP contribution is -2.53. The summed E-state index contributed by atoms with van der Waals surface area (Å²) in [6, 6.07) is 4.48. The lowest BCUT2D eigenvalue weighted by Gasteiger charge is -2.38. The van der Waals surface area contributed by atoms with E-state index in [0.29, 0.717) is 31.8 Å². The number of likely N-dealkylation sites (N-methyl/N-ethyl adjacent to an activating group) is 1. The van der Waals surface area contributed by atoms with Gasteiger partial charge in [-0.05, 0) is 31.7 Å². The third-order valence-corrected chi connectivity index (χ3v) is 6.12. The number of piperazine rings is 1. The fourth-order valence-corrected chi connectivity index (χ4v) is 4.37. The molecule has 124 valence electrons.